The van der Waals surface area contributed by atoms with E-state index in [4.69, 9.17) is 14.2 Å². The second-order valence-corrected chi connectivity index (χ2v) is 13.0. The molecule has 0 spiro atoms. The summed E-state index contributed by atoms with van der Waals surface area (Å²) in [7, 11) is -3.87. The zero-order valence-corrected chi connectivity index (χ0v) is 25.3. The molecule has 0 amide bonds. The van der Waals surface area contributed by atoms with Crippen LogP contribution in [0.3, 0.4) is 0 Å². The number of anilines is 1. The molecule has 5 rings (SSSR count). The van der Waals surface area contributed by atoms with Crippen LogP contribution in [0.1, 0.15) is 54.4 Å². The van der Waals surface area contributed by atoms with Gasteiger partial charge in [-0.3, -0.25) is 9.21 Å². The summed E-state index contributed by atoms with van der Waals surface area (Å²) in [6, 6.07) is 18.9. The van der Waals surface area contributed by atoms with Gasteiger partial charge in [0.15, 0.2) is 6.29 Å². The fourth-order valence-corrected chi connectivity index (χ4v) is 7.67. The average Bonchev–Trinajstić information content (AvgIpc) is 3.46. The van der Waals surface area contributed by atoms with Crippen molar-refractivity contribution in [2.75, 3.05) is 37.2 Å². The maximum absolute atomic E-state index is 14.3. The van der Waals surface area contributed by atoms with E-state index < -0.39 is 10.0 Å². The average molecular weight is 579 g/mol. The quantitative estimate of drug-likeness (QED) is 0.263. The van der Waals surface area contributed by atoms with E-state index in [2.05, 4.69) is 4.90 Å². The van der Waals surface area contributed by atoms with Crippen molar-refractivity contribution in [2.45, 2.75) is 70.6 Å². The Bertz CT molecular complexity index is 1370. The summed E-state index contributed by atoms with van der Waals surface area (Å²) in [5.74, 6) is 1.45. The van der Waals surface area contributed by atoms with E-state index in [9.17, 15) is 8.42 Å². The van der Waals surface area contributed by atoms with Gasteiger partial charge in [0.25, 0.3) is 10.0 Å². The summed E-state index contributed by atoms with van der Waals surface area (Å²) in [4.78, 5) is 2.76. The molecule has 0 aromatic heterocycles. The Morgan fingerprint density at radius 3 is 2.17 bits per heavy atom. The molecule has 220 valence electrons. The number of nitrogens with zero attached hydrogens (tertiary/aromatic N) is 2. The van der Waals surface area contributed by atoms with Crippen molar-refractivity contribution in [1.82, 2.24) is 4.90 Å². The fourth-order valence-electron chi connectivity index (χ4n) is 5.80. The summed E-state index contributed by atoms with van der Waals surface area (Å²) in [5, 5.41) is 0. The molecule has 0 radical (unpaired) electrons. The molecule has 1 atom stereocenters. The highest BCUT2D eigenvalue weighted by atomic mass is 32.2. The normalized spacial score (nSPS) is 17.9. The lowest BCUT2D eigenvalue weighted by Gasteiger charge is -2.27. The van der Waals surface area contributed by atoms with Gasteiger partial charge in [-0.15, -0.1) is 0 Å². The van der Waals surface area contributed by atoms with Crippen LogP contribution < -0.4 is 13.8 Å². The molecule has 0 bridgehead atoms. The largest absolute Gasteiger partial charge is 0.492 e. The predicted molar refractivity (Wildman–Crippen MR) is 162 cm³/mol. The Morgan fingerprint density at radius 2 is 1.54 bits per heavy atom. The number of likely N-dealkylation sites (tertiary alicyclic amines) is 1. The lowest BCUT2D eigenvalue weighted by atomic mass is 10.1. The smallest absolute Gasteiger partial charge is 0.265 e. The molecule has 2 saturated heterocycles. The van der Waals surface area contributed by atoms with E-state index in [0.29, 0.717) is 17.2 Å². The summed E-state index contributed by atoms with van der Waals surface area (Å²) in [5.41, 5.74) is 3.97. The summed E-state index contributed by atoms with van der Waals surface area (Å²) >= 11 is 0. The molecule has 7 nitrogen and oxygen atoms in total. The lowest BCUT2D eigenvalue weighted by Crippen LogP contribution is -2.31. The van der Waals surface area contributed by atoms with Gasteiger partial charge in [-0.2, -0.15) is 0 Å². The van der Waals surface area contributed by atoms with Crippen LogP contribution in [0.4, 0.5) is 5.69 Å². The first-order valence-electron chi connectivity index (χ1n) is 14.7. The van der Waals surface area contributed by atoms with Gasteiger partial charge >= 0.3 is 0 Å². The summed E-state index contributed by atoms with van der Waals surface area (Å²) in [6.07, 6.45) is 5.31. The zero-order chi connectivity index (χ0) is 28.8. The van der Waals surface area contributed by atoms with Crippen molar-refractivity contribution in [3.63, 3.8) is 0 Å². The Morgan fingerprint density at radius 1 is 0.878 bits per heavy atom. The van der Waals surface area contributed by atoms with E-state index in [-0.39, 0.29) is 12.8 Å². The monoisotopic (exact) mass is 578 g/mol. The number of aryl methyl sites for hydroxylation is 3. The molecule has 0 saturated carbocycles. The molecule has 2 heterocycles. The van der Waals surface area contributed by atoms with Crippen LogP contribution in [-0.2, 0) is 21.3 Å². The lowest BCUT2D eigenvalue weighted by molar-refractivity contribution is -0.105. The minimum Gasteiger partial charge on any atom is -0.492 e. The van der Waals surface area contributed by atoms with E-state index >= 15 is 0 Å². The molecule has 3 aromatic rings. The first kappa shape index (κ1) is 29.4. The van der Waals surface area contributed by atoms with Crippen molar-refractivity contribution in [3.05, 3.63) is 82.9 Å². The van der Waals surface area contributed by atoms with Crippen molar-refractivity contribution in [3.8, 4) is 11.5 Å². The van der Waals surface area contributed by atoms with Crippen LogP contribution in [0.25, 0.3) is 0 Å². The van der Waals surface area contributed by atoms with Crippen LogP contribution >= 0.6 is 0 Å². The van der Waals surface area contributed by atoms with Crippen molar-refractivity contribution >= 4 is 15.7 Å². The molecular formula is C33H42N2O5S. The maximum atomic E-state index is 14.3. The second kappa shape index (κ2) is 13.3. The van der Waals surface area contributed by atoms with Gasteiger partial charge in [-0.25, -0.2) is 8.42 Å². The van der Waals surface area contributed by atoms with Crippen LogP contribution in [0.15, 0.2) is 65.6 Å². The van der Waals surface area contributed by atoms with Gasteiger partial charge in [-0.05, 0) is 113 Å². The maximum Gasteiger partial charge on any atom is 0.265 e. The van der Waals surface area contributed by atoms with Crippen molar-refractivity contribution < 1.29 is 22.6 Å². The van der Waals surface area contributed by atoms with Gasteiger partial charge in [0, 0.05) is 13.0 Å². The van der Waals surface area contributed by atoms with E-state index in [1.165, 1.54) is 17.1 Å². The Hall–Kier alpha value is -3.07. The number of ether oxygens (including phenoxy) is 3. The number of hydrogen-bond acceptors (Lipinski definition) is 6. The molecule has 41 heavy (non-hydrogen) atoms. The minimum atomic E-state index is -3.87. The Balaban J connectivity index is 1.37. The molecule has 2 fully saturated rings. The second-order valence-electron chi connectivity index (χ2n) is 11.2. The third kappa shape index (κ3) is 7.42. The van der Waals surface area contributed by atoms with Gasteiger partial charge in [0.2, 0.25) is 0 Å². The zero-order valence-electron chi connectivity index (χ0n) is 24.5. The van der Waals surface area contributed by atoms with Crippen molar-refractivity contribution in [2.24, 2.45) is 0 Å². The highest BCUT2D eigenvalue weighted by molar-refractivity contribution is 7.92. The van der Waals surface area contributed by atoms with E-state index in [1.807, 2.05) is 81.4 Å². The highest BCUT2D eigenvalue weighted by Gasteiger charge is 2.29. The number of rotatable bonds is 11. The molecule has 2 aliphatic heterocycles. The summed E-state index contributed by atoms with van der Waals surface area (Å²) < 4.78 is 47.7. The summed E-state index contributed by atoms with van der Waals surface area (Å²) in [6.45, 7) is 10.4. The molecule has 1 unspecified atom stereocenters. The molecular weight excluding hydrogens is 536 g/mol. The molecule has 3 aromatic carbocycles. The van der Waals surface area contributed by atoms with Gasteiger partial charge in [0.05, 0.1) is 23.7 Å². The SMILES string of the molecule is Cc1cc(C)c(S(=O)(=O)N(Cc2ccc(OC3CCCCO3)cc2)c2ccc(OCCN3CCCC3)cc2)c(C)c1. The van der Waals surface area contributed by atoms with Gasteiger partial charge in [-0.1, -0.05) is 29.8 Å². The minimum absolute atomic E-state index is 0.185. The van der Waals surface area contributed by atoms with Crippen LogP contribution in [0.2, 0.25) is 0 Å². The van der Waals surface area contributed by atoms with Crippen LogP contribution in [-0.4, -0.2) is 52.5 Å². The predicted octanol–water partition coefficient (Wildman–Crippen LogP) is 6.39. The third-order valence-electron chi connectivity index (χ3n) is 7.81. The van der Waals surface area contributed by atoms with E-state index in [1.54, 1.807) is 0 Å². The fraction of sp³-hybridized carbons (Fsp3) is 0.455. The van der Waals surface area contributed by atoms with Gasteiger partial charge in [0.1, 0.15) is 18.1 Å². The first-order valence-corrected chi connectivity index (χ1v) is 16.2. The van der Waals surface area contributed by atoms with Crippen LogP contribution in [0.5, 0.6) is 11.5 Å². The molecule has 8 heteroatoms. The van der Waals surface area contributed by atoms with Crippen LogP contribution in [0, 0.1) is 20.8 Å². The Kier molecular flexibility index (Phi) is 9.53. The van der Waals surface area contributed by atoms with Gasteiger partial charge < -0.3 is 14.2 Å². The number of hydrogen-bond donors (Lipinski definition) is 0. The standard InChI is InChI=1S/C33H42N2O5S/c1-25-22-26(2)33(27(3)23-25)41(36,37)35(24-28-9-13-31(14-10-28)40-32-8-4-7-20-39-32)29-11-15-30(16-12-29)38-21-19-34-17-5-6-18-34/h9-16,22-23,32H,4-8,17-21,24H2,1-3H3. The number of sulfonamides is 1. The van der Waals surface area contributed by atoms with E-state index in [0.717, 1.165) is 79.3 Å². The highest BCUT2D eigenvalue weighted by Crippen LogP contribution is 2.32. The molecule has 2 aliphatic rings. The van der Waals surface area contributed by atoms with Crippen molar-refractivity contribution in [1.29, 1.82) is 0 Å². The third-order valence-corrected chi connectivity index (χ3v) is 9.89. The topological polar surface area (TPSA) is 68.3 Å². The molecule has 0 aliphatic carbocycles. The molecule has 0 N–H and O–H groups in total. The Labute approximate surface area is 245 Å². The first-order chi connectivity index (χ1) is 19.8. The number of benzene rings is 3.